The molecule has 0 spiro atoms. The van der Waals surface area contributed by atoms with E-state index in [0.29, 0.717) is 15.6 Å². The summed E-state index contributed by atoms with van der Waals surface area (Å²) < 4.78 is 1.04. The van der Waals surface area contributed by atoms with E-state index in [9.17, 15) is 14.4 Å². The maximum absolute atomic E-state index is 12.6. The predicted octanol–water partition coefficient (Wildman–Crippen LogP) is 1.91. The first kappa shape index (κ1) is 17.5. The first-order valence-electron chi connectivity index (χ1n) is 7.43. The number of amides is 2. The molecule has 0 saturated heterocycles. The van der Waals surface area contributed by atoms with Crippen molar-refractivity contribution in [3.05, 3.63) is 45.3 Å². The maximum Gasteiger partial charge on any atom is 0.292 e. The van der Waals surface area contributed by atoms with Gasteiger partial charge in [0.25, 0.3) is 5.56 Å². The van der Waals surface area contributed by atoms with Crippen molar-refractivity contribution in [3.63, 3.8) is 0 Å². The molecule has 130 valence electrons. The standard InChI is InChI=1S/C16H15ClN4O3S/c1-9-4-3-5-10(17)14(9)19-12(22)7-21-16(24)15-11(6-18-21)25-8-13(23)20(15)2/h3-6H,7-8H2,1-2H3,(H,19,22). The van der Waals surface area contributed by atoms with Crippen molar-refractivity contribution in [1.29, 1.82) is 0 Å². The summed E-state index contributed by atoms with van der Waals surface area (Å²) in [6.45, 7) is 1.55. The van der Waals surface area contributed by atoms with Gasteiger partial charge in [-0.05, 0) is 18.6 Å². The fourth-order valence-electron chi connectivity index (χ4n) is 2.46. The molecule has 9 heteroatoms. The number of anilines is 2. The number of thioether (sulfide) groups is 1. The predicted molar refractivity (Wildman–Crippen MR) is 97.4 cm³/mol. The van der Waals surface area contributed by atoms with E-state index in [1.165, 1.54) is 22.9 Å². The molecule has 0 bridgehead atoms. The zero-order valence-electron chi connectivity index (χ0n) is 13.6. The number of hydrogen-bond donors (Lipinski definition) is 1. The SMILES string of the molecule is Cc1cccc(Cl)c1NC(=O)Cn1ncc2c(c1=O)N(C)C(=O)CS2. The van der Waals surface area contributed by atoms with E-state index in [1.54, 1.807) is 19.2 Å². The van der Waals surface area contributed by atoms with Crippen LogP contribution in [-0.2, 0) is 16.1 Å². The molecule has 7 nitrogen and oxygen atoms in total. The number of nitrogens with one attached hydrogen (secondary N) is 1. The van der Waals surface area contributed by atoms with Crippen molar-refractivity contribution < 1.29 is 9.59 Å². The van der Waals surface area contributed by atoms with Crippen molar-refractivity contribution in [2.75, 3.05) is 23.0 Å². The summed E-state index contributed by atoms with van der Waals surface area (Å²) in [7, 11) is 1.54. The smallest absolute Gasteiger partial charge is 0.292 e. The lowest BCUT2D eigenvalue weighted by atomic mass is 10.2. The highest BCUT2D eigenvalue weighted by Gasteiger charge is 2.26. The van der Waals surface area contributed by atoms with Gasteiger partial charge in [-0.2, -0.15) is 5.10 Å². The third-order valence-corrected chi connectivity index (χ3v) is 5.14. The van der Waals surface area contributed by atoms with Gasteiger partial charge in [-0.3, -0.25) is 14.4 Å². The van der Waals surface area contributed by atoms with Gasteiger partial charge < -0.3 is 10.2 Å². The van der Waals surface area contributed by atoms with E-state index in [-0.39, 0.29) is 23.9 Å². The number of halogens is 1. The fraction of sp³-hybridized carbons (Fsp3) is 0.250. The molecule has 0 atom stereocenters. The van der Waals surface area contributed by atoms with Gasteiger partial charge in [0, 0.05) is 7.05 Å². The number of carbonyl (C=O) groups excluding carboxylic acids is 2. The Morgan fingerprint density at radius 2 is 2.16 bits per heavy atom. The lowest BCUT2D eigenvalue weighted by molar-refractivity contribution is -0.117. The summed E-state index contributed by atoms with van der Waals surface area (Å²) in [5.74, 6) is -0.326. The Morgan fingerprint density at radius 1 is 1.40 bits per heavy atom. The van der Waals surface area contributed by atoms with Crippen LogP contribution < -0.4 is 15.8 Å². The van der Waals surface area contributed by atoms with Crippen LogP contribution in [0.2, 0.25) is 5.02 Å². The number of carbonyl (C=O) groups is 2. The van der Waals surface area contributed by atoms with Gasteiger partial charge in [-0.1, -0.05) is 23.7 Å². The van der Waals surface area contributed by atoms with Crippen LogP contribution >= 0.6 is 23.4 Å². The molecule has 1 aliphatic rings. The highest BCUT2D eigenvalue weighted by atomic mass is 35.5. The summed E-state index contributed by atoms with van der Waals surface area (Å²) in [4.78, 5) is 38.6. The Bertz CT molecular complexity index is 908. The second-order valence-corrected chi connectivity index (χ2v) is 6.97. The summed E-state index contributed by atoms with van der Waals surface area (Å²) in [5, 5.41) is 7.14. The summed E-state index contributed by atoms with van der Waals surface area (Å²) in [6, 6.07) is 5.28. The molecule has 1 aliphatic heterocycles. The monoisotopic (exact) mass is 378 g/mol. The molecule has 2 aromatic rings. The van der Waals surface area contributed by atoms with E-state index in [2.05, 4.69) is 10.4 Å². The van der Waals surface area contributed by atoms with Crippen LogP contribution in [-0.4, -0.2) is 34.4 Å². The van der Waals surface area contributed by atoms with E-state index >= 15 is 0 Å². The number of rotatable bonds is 3. The molecule has 2 amide bonds. The number of hydrogen-bond acceptors (Lipinski definition) is 5. The van der Waals surface area contributed by atoms with Gasteiger partial charge in [-0.15, -0.1) is 11.8 Å². The van der Waals surface area contributed by atoms with E-state index in [0.717, 1.165) is 10.2 Å². The fourth-order valence-corrected chi connectivity index (χ4v) is 3.68. The van der Waals surface area contributed by atoms with Gasteiger partial charge in [0.05, 0.1) is 27.6 Å². The lowest BCUT2D eigenvalue weighted by Crippen LogP contribution is -2.40. The molecule has 25 heavy (non-hydrogen) atoms. The third-order valence-electron chi connectivity index (χ3n) is 3.83. The van der Waals surface area contributed by atoms with Gasteiger partial charge >= 0.3 is 0 Å². The molecular weight excluding hydrogens is 364 g/mol. The molecule has 1 N–H and O–H groups in total. The average Bonchev–Trinajstić information content (AvgIpc) is 2.57. The van der Waals surface area contributed by atoms with Crippen LogP contribution in [0, 0.1) is 6.92 Å². The topological polar surface area (TPSA) is 84.3 Å². The average molecular weight is 379 g/mol. The Kier molecular flexibility index (Phi) is 4.82. The van der Waals surface area contributed by atoms with Crippen molar-refractivity contribution in [2.45, 2.75) is 18.4 Å². The number of aromatic nitrogens is 2. The Balaban J connectivity index is 1.85. The molecule has 3 rings (SSSR count). The zero-order valence-corrected chi connectivity index (χ0v) is 15.1. The van der Waals surface area contributed by atoms with E-state index in [4.69, 9.17) is 11.6 Å². The Hall–Kier alpha value is -2.32. The second-order valence-electron chi connectivity index (χ2n) is 5.54. The number of fused-ring (bicyclic) bond motifs is 1. The van der Waals surface area contributed by atoms with Gasteiger partial charge in [0.1, 0.15) is 12.2 Å². The van der Waals surface area contributed by atoms with Crippen LogP contribution in [0.1, 0.15) is 5.56 Å². The van der Waals surface area contributed by atoms with Crippen LogP contribution in [0.5, 0.6) is 0 Å². The minimum absolute atomic E-state index is 0.163. The van der Waals surface area contributed by atoms with Crippen molar-refractivity contribution in [3.8, 4) is 0 Å². The third kappa shape index (κ3) is 3.40. The van der Waals surface area contributed by atoms with Gasteiger partial charge in [-0.25, -0.2) is 4.68 Å². The quantitative estimate of drug-likeness (QED) is 0.882. The minimum Gasteiger partial charge on any atom is -0.323 e. The number of aryl methyl sites for hydroxylation is 1. The van der Waals surface area contributed by atoms with Crippen molar-refractivity contribution in [2.24, 2.45) is 0 Å². The molecular formula is C16H15ClN4O3S. The molecule has 1 aromatic heterocycles. The van der Waals surface area contributed by atoms with E-state index < -0.39 is 11.5 Å². The normalized spacial score (nSPS) is 13.6. The Morgan fingerprint density at radius 3 is 2.88 bits per heavy atom. The van der Waals surface area contributed by atoms with E-state index in [1.807, 2.05) is 13.0 Å². The second kappa shape index (κ2) is 6.89. The van der Waals surface area contributed by atoms with Crippen LogP contribution in [0.3, 0.4) is 0 Å². The molecule has 0 unspecified atom stereocenters. The summed E-state index contributed by atoms with van der Waals surface area (Å²) in [6.07, 6.45) is 1.50. The zero-order chi connectivity index (χ0) is 18.1. The molecule has 2 heterocycles. The van der Waals surface area contributed by atoms with Crippen LogP contribution in [0.4, 0.5) is 11.4 Å². The molecule has 0 saturated carbocycles. The van der Waals surface area contributed by atoms with Gasteiger partial charge in [0.2, 0.25) is 11.8 Å². The molecule has 0 radical (unpaired) electrons. The first-order chi connectivity index (χ1) is 11.9. The van der Waals surface area contributed by atoms with Crippen molar-refractivity contribution in [1.82, 2.24) is 9.78 Å². The van der Waals surface area contributed by atoms with Crippen LogP contribution in [0.25, 0.3) is 0 Å². The van der Waals surface area contributed by atoms with Crippen molar-refractivity contribution >= 4 is 46.6 Å². The highest BCUT2D eigenvalue weighted by molar-refractivity contribution is 8.00. The largest absolute Gasteiger partial charge is 0.323 e. The molecule has 1 aromatic carbocycles. The molecule has 0 aliphatic carbocycles. The number of para-hydroxylation sites is 1. The summed E-state index contributed by atoms with van der Waals surface area (Å²) in [5.41, 5.74) is 1.08. The number of nitrogens with zero attached hydrogens (tertiary/aromatic N) is 3. The van der Waals surface area contributed by atoms with Gasteiger partial charge in [0.15, 0.2) is 0 Å². The molecule has 0 fully saturated rings. The first-order valence-corrected chi connectivity index (χ1v) is 8.79. The minimum atomic E-state index is -0.480. The maximum atomic E-state index is 12.6. The number of benzene rings is 1. The Labute approximate surface area is 153 Å². The summed E-state index contributed by atoms with van der Waals surface area (Å²) >= 11 is 7.36. The van der Waals surface area contributed by atoms with Crippen LogP contribution in [0.15, 0.2) is 34.1 Å². The lowest BCUT2D eigenvalue weighted by Gasteiger charge is -2.24. The highest BCUT2D eigenvalue weighted by Crippen LogP contribution is 2.30.